The Bertz CT molecular complexity index is 396. The van der Waals surface area contributed by atoms with Crippen molar-refractivity contribution in [3.05, 3.63) is 0 Å². The molecule has 1 saturated carbocycles. The minimum Gasteiger partial charge on any atom is -0.370 e. The Hall–Kier alpha value is -0.0900. The summed E-state index contributed by atoms with van der Waals surface area (Å²) in [6.07, 6.45) is 5.79. The average Bonchev–Trinajstić information content (AvgIpc) is 2.25. The van der Waals surface area contributed by atoms with Crippen molar-refractivity contribution >= 4 is 40.0 Å². The van der Waals surface area contributed by atoms with Crippen LogP contribution in [0.2, 0.25) is 0 Å². The second-order valence-corrected chi connectivity index (χ2v) is 7.04. The molecule has 20 heavy (non-hydrogen) atoms. The van der Waals surface area contributed by atoms with Gasteiger partial charge < -0.3 is 11.1 Å². The first-order valence-corrected chi connectivity index (χ1v) is 8.77. The molecule has 0 spiro atoms. The predicted octanol–water partition coefficient (Wildman–Crippen LogP) is 0.980. The van der Waals surface area contributed by atoms with Crippen molar-refractivity contribution in [1.29, 1.82) is 0 Å². The number of aliphatic imine (C=N–C) groups is 1. The lowest BCUT2D eigenvalue weighted by atomic mass is 9.86. The van der Waals surface area contributed by atoms with Crippen molar-refractivity contribution in [2.75, 3.05) is 32.4 Å². The van der Waals surface area contributed by atoms with Gasteiger partial charge in [0.25, 0.3) is 0 Å². The van der Waals surface area contributed by atoms with E-state index in [-0.39, 0.29) is 24.0 Å². The van der Waals surface area contributed by atoms with E-state index >= 15 is 0 Å². The third-order valence-corrected chi connectivity index (χ3v) is 4.84. The number of nitrogens with two attached hydrogens (primary N) is 1. The molecular weight excluding hydrogens is 391 g/mol. The van der Waals surface area contributed by atoms with Gasteiger partial charge in [0.2, 0.25) is 10.0 Å². The fraction of sp³-hybridized carbons (Fsp3) is 0.917. The van der Waals surface area contributed by atoms with Crippen molar-refractivity contribution in [1.82, 2.24) is 9.62 Å². The molecule has 0 amide bonds. The number of halogens is 1. The topological polar surface area (TPSA) is 87.8 Å². The van der Waals surface area contributed by atoms with Gasteiger partial charge in [-0.15, -0.1) is 24.0 Å². The van der Waals surface area contributed by atoms with Gasteiger partial charge in [0.05, 0.1) is 6.26 Å². The molecule has 3 N–H and O–H groups in total. The molecule has 1 aliphatic carbocycles. The molecule has 0 aromatic heterocycles. The summed E-state index contributed by atoms with van der Waals surface area (Å²) in [5, 5.41) is 3.02. The fourth-order valence-corrected chi connectivity index (χ4v) is 2.92. The molecule has 8 heteroatoms. The monoisotopic (exact) mass is 418 g/mol. The Morgan fingerprint density at radius 1 is 1.45 bits per heavy atom. The van der Waals surface area contributed by atoms with E-state index in [1.807, 2.05) is 6.92 Å². The lowest BCUT2D eigenvalue weighted by Gasteiger charge is -2.23. The highest BCUT2D eigenvalue weighted by Gasteiger charge is 2.16. The maximum absolute atomic E-state index is 11.4. The Kier molecular flexibility index (Phi) is 9.73. The summed E-state index contributed by atoms with van der Waals surface area (Å²) in [5.74, 6) is 1.18. The molecule has 0 bridgehead atoms. The number of hydrogen-bond donors (Lipinski definition) is 2. The number of nitrogens with zero attached hydrogens (tertiary/aromatic N) is 2. The van der Waals surface area contributed by atoms with Crippen LogP contribution < -0.4 is 11.1 Å². The van der Waals surface area contributed by atoms with E-state index in [1.54, 1.807) is 0 Å². The van der Waals surface area contributed by atoms with E-state index in [4.69, 9.17) is 5.73 Å². The highest BCUT2D eigenvalue weighted by atomic mass is 127. The molecule has 0 unspecified atom stereocenters. The molecule has 1 fully saturated rings. The lowest BCUT2D eigenvalue weighted by molar-refractivity contribution is 0.326. The molecule has 0 atom stereocenters. The Labute approximate surface area is 139 Å². The van der Waals surface area contributed by atoms with Crippen LogP contribution in [0.5, 0.6) is 0 Å². The van der Waals surface area contributed by atoms with Crippen LogP contribution in [0, 0.1) is 5.92 Å². The van der Waals surface area contributed by atoms with E-state index in [0.29, 0.717) is 31.5 Å². The number of rotatable bonds is 8. The number of guanidine groups is 1. The molecule has 120 valence electrons. The molecule has 0 aliphatic heterocycles. The summed E-state index contributed by atoms with van der Waals surface area (Å²) < 4.78 is 24.2. The van der Waals surface area contributed by atoms with Gasteiger partial charge in [-0.1, -0.05) is 13.3 Å². The van der Waals surface area contributed by atoms with Crippen LogP contribution >= 0.6 is 24.0 Å². The largest absolute Gasteiger partial charge is 0.370 e. The Morgan fingerprint density at radius 3 is 2.55 bits per heavy atom. The molecular formula is C12H27IN4O2S. The first-order chi connectivity index (χ1) is 8.93. The third-order valence-electron chi connectivity index (χ3n) is 3.46. The summed E-state index contributed by atoms with van der Waals surface area (Å²) in [4.78, 5) is 4.28. The molecule has 0 aromatic carbocycles. The van der Waals surface area contributed by atoms with Crippen molar-refractivity contribution in [3.63, 3.8) is 0 Å². The zero-order valence-corrected chi connectivity index (χ0v) is 15.5. The molecule has 6 nitrogen and oxygen atoms in total. The minimum atomic E-state index is -3.09. The molecule has 1 rings (SSSR count). The van der Waals surface area contributed by atoms with Gasteiger partial charge in [0, 0.05) is 26.2 Å². The van der Waals surface area contributed by atoms with Crippen LogP contribution in [-0.2, 0) is 10.0 Å². The van der Waals surface area contributed by atoms with Crippen LogP contribution in [0.15, 0.2) is 4.99 Å². The maximum Gasteiger partial charge on any atom is 0.211 e. The Balaban J connectivity index is 0.00000361. The summed E-state index contributed by atoms with van der Waals surface area (Å²) in [6, 6.07) is 0. The van der Waals surface area contributed by atoms with E-state index in [1.165, 1.54) is 29.8 Å². The van der Waals surface area contributed by atoms with E-state index in [2.05, 4.69) is 10.3 Å². The predicted molar refractivity (Wildman–Crippen MR) is 94.0 cm³/mol. The van der Waals surface area contributed by atoms with Crippen LogP contribution in [0.3, 0.4) is 0 Å². The third kappa shape index (κ3) is 7.63. The van der Waals surface area contributed by atoms with Gasteiger partial charge in [-0.3, -0.25) is 4.99 Å². The van der Waals surface area contributed by atoms with Crippen LogP contribution in [0.1, 0.15) is 32.6 Å². The van der Waals surface area contributed by atoms with Gasteiger partial charge in [0.15, 0.2) is 5.96 Å². The first-order valence-electron chi connectivity index (χ1n) is 6.92. The van der Waals surface area contributed by atoms with E-state index in [0.717, 1.165) is 13.0 Å². The summed E-state index contributed by atoms with van der Waals surface area (Å²) in [7, 11) is -3.09. The van der Waals surface area contributed by atoms with Crippen molar-refractivity contribution in [3.8, 4) is 0 Å². The normalized spacial score (nSPS) is 16.6. The van der Waals surface area contributed by atoms with Crippen molar-refractivity contribution in [2.45, 2.75) is 32.6 Å². The molecule has 0 radical (unpaired) electrons. The van der Waals surface area contributed by atoms with Gasteiger partial charge in [0.1, 0.15) is 0 Å². The zero-order chi connectivity index (χ0) is 14.3. The number of hydrogen-bond acceptors (Lipinski definition) is 3. The lowest BCUT2D eigenvalue weighted by Crippen LogP contribution is -2.36. The Morgan fingerprint density at radius 2 is 2.10 bits per heavy atom. The minimum absolute atomic E-state index is 0. The second kappa shape index (κ2) is 9.78. The highest BCUT2D eigenvalue weighted by Crippen LogP contribution is 2.26. The van der Waals surface area contributed by atoms with Crippen LogP contribution in [0.4, 0.5) is 0 Å². The average molecular weight is 418 g/mol. The van der Waals surface area contributed by atoms with Crippen molar-refractivity contribution in [2.24, 2.45) is 16.6 Å². The molecule has 0 saturated heterocycles. The first kappa shape index (κ1) is 19.9. The van der Waals surface area contributed by atoms with Gasteiger partial charge in [-0.05, 0) is 25.2 Å². The zero-order valence-electron chi connectivity index (χ0n) is 12.3. The van der Waals surface area contributed by atoms with Gasteiger partial charge >= 0.3 is 0 Å². The van der Waals surface area contributed by atoms with Gasteiger partial charge in [-0.25, -0.2) is 12.7 Å². The number of nitrogens with one attached hydrogen (secondary N) is 1. The van der Waals surface area contributed by atoms with E-state index in [9.17, 15) is 8.42 Å². The summed E-state index contributed by atoms with van der Waals surface area (Å²) in [5.41, 5.74) is 5.74. The van der Waals surface area contributed by atoms with Gasteiger partial charge in [-0.2, -0.15) is 0 Å². The summed E-state index contributed by atoms with van der Waals surface area (Å²) in [6.45, 7) is 4.31. The second-order valence-electron chi connectivity index (χ2n) is 5.06. The number of sulfonamides is 1. The highest BCUT2D eigenvalue weighted by molar-refractivity contribution is 14.0. The summed E-state index contributed by atoms with van der Waals surface area (Å²) >= 11 is 0. The van der Waals surface area contributed by atoms with Crippen molar-refractivity contribution < 1.29 is 8.42 Å². The smallest absolute Gasteiger partial charge is 0.211 e. The maximum atomic E-state index is 11.4. The van der Waals surface area contributed by atoms with Crippen LogP contribution in [-0.4, -0.2) is 51.1 Å². The fourth-order valence-electron chi connectivity index (χ4n) is 1.99. The standard InChI is InChI=1S/C12H26N4O2S.HI/c1-3-16(19(2,17)18)9-5-8-14-12(13)15-10-11-6-4-7-11;/h11H,3-10H2,1-2H3,(H3,13,14,15);1H. The van der Waals surface area contributed by atoms with E-state index < -0.39 is 10.0 Å². The molecule has 0 heterocycles. The van der Waals surface area contributed by atoms with Crippen LogP contribution in [0.25, 0.3) is 0 Å². The molecule has 1 aliphatic rings. The molecule has 0 aromatic rings. The quantitative estimate of drug-likeness (QED) is 0.266. The SMILES string of the molecule is CCN(CCCNC(N)=NCC1CCC1)S(C)(=O)=O.I.